The van der Waals surface area contributed by atoms with Gasteiger partial charge in [0, 0.05) is 19.3 Å². The van der Waals surface area contributed by atoms with Gasteiger partial charge in [0.1, 0.15) is 0 Å². The number of hydrogen-bond acceptors (Lipinski definition) is 4. The Labute approximate surface area is 89.8 Å². The molecule has 4 nitrogen and oxygen atoms in total. The first kappa shape index (κ1) is 11.5. The lowest BCUT2D eigenvalue weighted by molar-refractivity contribution is 0.302. The lowest BCUT2D eigenvalue weighted by Crippen LogP contribution is -2.27. The van der Waals surface area contributed by atoms with Crippen molar-refractivity contribution < 1.29 is 9.84 Å². The maximum absolute atomic E-state index is 8.94. The summed E-state index contributed by atoms with van der Waals surface area (Å²) in [6.07, 6.45) is 3.47. The normalized spacial score (nSPS) is 9.73. The van der Waals surface area contributed by atoms with Gasteiger partial charge in [0.15, 0.2) is 11.6 Å². The van der Waals surface area contributed by atoms with Crippen LogP contribution >= 0.6 is 0 Å². The molecule has 1 rings (SSSR count). The van der Waals surface area contributed by atoms with E-state index < -0.39 is 0 Å². The Kier molecular flexibility index (Phi) is 4.63. The predicted molar refractivity (Wildman–Crippen MR) is 60.3 cm³/mol. The fourth-order valence-electron chi connectivity index (χ4n) is 1.34. The van der Waals surface area contributed by atoms with Crippen molar-refractivity contribution >= 4 is 5.82 Å². The summed E-state index contributed by atoms with van der Waals surface area (Å²) in [4.78, 5) is 6.14. The van der Waals surface area contributed by atoms with Crippen LogP contribution in [0, 0.1) is 0 Å². The summed E-state index contributed by atoms with van der Waals surface area (Å²) in [5.74, 6) is 1.43. The average molecular weight is 208 g/mol. The van der Waals surface area contributed by atoms with E-state index in [1.54, 1.807) is 19.4 Å². The minimum Gasteiger partial charge on any atom is -0.493 e. The van der Waals surface area contributed by atoms with E-state index in [2.05, 4.69) is 11.6 Å². The largest absolute Gasteiger partial charge is 0.493 e. The molecule has 82 valence electrons. The van der Waals surface area contributed by atoms with E-state index in [0.29, 0.717) is 18.8 Å². The van der Waals surface area contributed by atoms with Crippen molar-refractivity contribution in [3.05, 3.63) is 31.0 Å². The van der Waals surface area contributed by atoms with Gasteiger partial charge in [0.05, 0.1) is 13.7 Å². The van der Waals surface area contributed by atoms with Crippen molar-refractivity contribution in [1.82, 2.24) is 4.98 Å². The van der Waals surface area contributed by atoms with Crippen LogP contribution in [0.2, 0.25) is 0 Å². The summed E-state index contributed by atoms with van der Waals surface area (Å²) in [6, 6.07) is 3.66. The van der Waals surface area contributed by atoms with Crippen molar-refractivity contribution in [2.75, 3.05) is 31.7 Å². The Morgan fingerprint density at radius 2 is 2.47 bits per heavy atom. The van der Waals surface area contributed by atoms with Crippen molar-refractivity contribution in [2.45, 2.75) is 0 Å². The zero-order valence-corrected chi connectivity index (χ0v) is 8.89. The second kappa shape index (κ2) is 6.03. The summed E-state index contributed by atoms with van der Waals surface area (Å²) < 4.78 is 5.20. The van der Waals surface area contributed by atoms with Gasteiger partial charge in [-0.25, -0.2) is 4.98 Å². The predicted octanol–water partition coefficient (Wildman–Crippen LogP) is 1.07. The third-order valence-electron chi connectivity index (χ3n) is 1.99. The number of pyridine rings is 1. The van der Waals surface area contributed by atoms with Crippen LogP contribution in [0.1, 0.15) is 0 Å². The third-order valence-corrected chi connectivity index (χ3v) is 1.99. The highest BCUT2D eigenvalue weighted by Crippen LogP contribution is 2.24. The van der Waals surface area contributed by atoms with Crippen molar-refractivity contribution in [3.8, 4) is 5.75 Å². The number of hydrogen-bond donors (Lipinski definition) is 1. The van der Waals surface area contributed by atoms with Gasteiger partial charge < -0.3 is 14.7 Å². The van der Waals surface area contributed by atoms with Gasteiger partial charge in [-0.2, -0.15) is 0 Å². The molecule has 0 aliphatic heterocycles. The lowest BCUT2D eigenvalue weighted by atomic mass is 10.3. The lowest BCUT2D eigenvalue weighted by Gasteiger charge is -2.22. The topological polar surface area (TPSA) is 45.6 Å². The SMILES string of the molecule is C=CCN(CCO)c1ncccc1OC. The first-order valence-corrected chi connectivity index (χ1v) is 4.79. The molecule has 0 aromatic carbocycles. The highest BCUT2D eigenvalue weighted by molar-refractivity contribution is 5.52. The van der Waals surface area contributed by atoms with Gasteiger partial charge >= 0.3 is 0 Å². The van der Waals surface area contributed by atoms with Crippen molar-refractivity contribution in [3.63, 3.8) is 0 Å². The molecular weight excluding hydrogens is 192 g/mol. The molecule has 0 amide bonds. The van der Waals surface area contributed by atoms with Gasteiger partial charge in [0.25, 0.3) is 0 Å². The van der Waals surface area contributed by atoms with Crippen LogP contribution in [0.25, 0.3) is 0 Å². The second-order valence-electron chi connectivity index (χ2n) is 2.99. The average Bonchev–Trinajstić information content (AvgIpc) is 2.29. The van der Waals surface area contributed by atoms with Gasteiger partial charge in [-0.1, -0.05) is 6.08 Å². The summed E-state index contributed by atoms with van der Waals surface area (Å²) in [5.41, 5.74) is 0. The second-order valence-corrected chi connectivity index (χ2v) is 2.99. The highest BCUT2D eigenvalue weighted by Gasteiger charge is 2.10. The number of anilines is 1. The Morgan fingerprint density at radius 1 is 1.67 bits per heavy atom. The molecule has 1 heterocycles. The van der Waals surface area contributed by atoms with E-state index in [-0.39, 0.29) is 6.61 Å². The number of ether oxygens (including phenoxy) is 1. The maximum atomic E-state index is 8.94. The monoisotopic (exact) mass is 208 g/mol. The van der Waals surface area contributed by atoms with Gasteiger partial charge in [-0.15, -0.1) is 6.58 Å². The van der Waals surface area contributed by atoms with Crippen LogP contribution < -0.4 is 9.64 Å². The zero-order valence-electron chi connectivity index (χ0n) is 8.89. The first-order chi connectivity index (χ1) is 7.33. The minimum absolute atomic E-state index is 0.0770. The third kappa shape index (κ3) is 2.95. The fraction of sp³-hybridized carbons (Fsp3) is 0.364. The Morgan fingerprint density at radius 3 is 3.07 bits per heavy atom. The van der Waals surface area contributed by atoms with Gasteiger partial charge in [0.2, 0.25) is 0 Å². The Bertz CT molecular complexity index is 315. The van der Waals surface area contributed by atoms with Crippen molar-refractivity contribution in [1.29, 1.82) is 0 Å². The molecule has 15 heavy (non-hydrogen) atoms. The molecule has 0 atom stereocenters. The summed E-state index contributed by atoms with van der Waals surface area (Å²) in [6.45, 7) is 4.89. The van der Waals surface area contributed by atoms with Crippen LogP contribution in [0.3, 0.4) is 0 Å². The molecule has 0 saturated carbocycles. The molecule has 0 bridgehead atoms. The van der Waals surface area contributed by atoms with Crippen LogP contribution in [0.5, 0.6) is 5.75 Å². The Balaban J connectivity index is 2.92. The van der Waals surface area contributed by atoms with E-state index in [9.17, 15) is 0 Å². The van der Waals surface area contributed by atoms with Crippen molar-refractivity contribution in [2.24, 2.45) is 0 Å². The number of nitrogens with zero attached hydrogens (tertiary/aromatic N) is 2. The number of methoxy groups -OCH3 is 1. The summed E-state index contributed by atoms with van der Waals surface area (Å²) >= 11 is 0. The standard InChI is InChI=1S/C11H16N2O2/c1-3-7-13(8-9-14)11-10(15-2)5-4-6-12-11/h3-6,14H,1,7-9H2,2H3. The molecule has 0 radical (unpaired) electrons. The molecule has 0 aliphatic carbocycles. The number of aliphatic hydroxyl groups is 1. The van der Waals surface area contributed by atoms with Gasteiger partial charge in [-0.05, 0) is 12.1 Å². The summed E-state index contributed by atoms with van der Waals surface area (Å²) in [7, 11) is 1.60. The number of rotatable bonds is 6. The molecule has 0 unspecified atom stereocenters. The smallest absolute Gasteiger partial charge is 0.171 e. The number of aliphatic hydroxyl groups excluding tert-OH is 1. The first-order valence-electron chi connectivity index (χ1n) is 4.79. The molecule has 0 aliphatic rings. The van der Waals surface area contributed by atoms with E-state index in [1.165, 1.54) is 0 Å². The molecule has 1 aromatic heterocycles. The Hall–Kier alpha value is -1.55. The van der Waals surface area contributed by atoms with E-state index in [4.69, 9.17) is 9.84 Å². The molecule has 0 spiro atoms. The highest BCUT2D eigenvalue weighted by atomic mass is 16.5. The van der Waals surface area contributed by atoms with E-state index in [0.717, 1.165) is 5.82 Å². The fourth-order valence-corrected chi connectivity index (χ4v) is 1.34. The van der Waals surface area contributed by atoms with Crippen LogP contribution in [0.4, 0.5) is 5.82 Å². The quantitative estimate of drug-likeness (QED) is 0.710. The van der Waals surface area contributed by atoms with Crippen LogP contribution in [-0.4, -0.2) is 36.9 Å². The van der Waals surface area contributed by atoms with Gasteiger partial charge in [-0.3, -0.25) is 0 Å². The maximum Gasteiger partial charge on any atom is 0.171 e. The van der Waals surface area contributed by atoms with E-state index >= 15 is 0 Å². The minimum atomic E-state index is 0.0770. The van der Waals surface area contributed by atoms with E-state index in [1.807, 2.05) is 17.0 Å². The number of aromatic nitrogens is 1. The molecule has 1 aromatic rings. The summed E-state index contributed by atoms with van der Waals surface area (Å²) in [5, 5.41) is 8.94. The molecule has 0 saturated heterocycles. The molecular formula is C11H16N2O2. The molecule has 4 heteroatoms. The van der Waals surface area contributed by atoms with Crippen LogP contribution in [0.15, 0.2) is 31.0 Å². The van der Waals surface area contributed by atoms with Crippen LogP contribution in [-0.2, 0) is 0 Å². The molecule has 0 fully saturated rings. The zero-order chi connectivity index (χ0) is 11.1. The molecule has 1 N–H and O–H groups in total.